The molecule has 36 heavy (non-hydrogen) atoms. The smallest absolute Gasteiger partial charge is 0.161 e. The van der Waals surface area contributed by atoms with Gasteiger partial charge in [-0.25, -0.2) is 0 Å². The maximum atomic E-state index is 6.71. The number of rotatable bonds is 10. The number of aromatic nitrogens is 1. The van der Waals surface area contributed by atoms with Gasteiger partial charge in [-0.1, -0.05) is 60.7 Å². The second-order valence-electron chi connectivity index (χ2n) is 9.56. The maximum absolute atomic E-state index is 6.71. The fraction of sp³-hybridized carbons (Fsp3) is 0.355. The number of aryl methyl sites for hydroxylation is 1. The zero-order chi connectivity index (χ0) is 24.7. The Labute approximate surface area is 214 Å². The van der Waals surface area contributed by atoms with E-state index in [1.807, 2.05) is 12.1 Å². The summed E-state index contributed by atoms with van der Waals surface area (Å²) in [6.07, 6.45) is 7.94. The Morgan fingerprint density at radius 3 is 1.78 bits per heavy atom. The van der Waals surface area contributed by atoms with Crippen LogP contribution in [0.25, 0.3) is 10.8 Å². The summed E-state index contributed by atoms with van der Waals surface area (Å²) in [6, 6.07) is 25.3. The van der Waals surface area contributed by atoms with E-state index in [2.05, 4.69) is 82.5 Å². The van der Waals surface area contributed by atoms with Crippen molar-refractivity contribution in [3.63, 3.8) is 0 Å². The lowest BCUT2D eigenvalue weighted by atomic mass is 10.00. The molecule has 0 N–H and O–H groups in total. The Morgan fingerprint density at radius 2 is 1.28 bits per heavy atom. The van der Waals surface area contributed by atoms with Crippen LogP contribution in [0, 0.1) is 0 Å². The SMILES string of the molecule is COc1cc2cn(CCCN3CCC(OC(c4ccccc4)c4ccccc4)CC3)cc2cc1OC. The van der Waals surface area contributed by atoms with Gasteiger partial charge in [-0.05, 0) is 49.1 Å². The fourth-order valence-corrected chi connectivity index (χ4v) is 5.20. The van der Waals surface area contributed by atoms with Gasteiger partial charge in [0.05, 0.1) is 20.3 Å². The molecule has 1 fully saturated rings. The summed E-state index contributed by atoms with van der Waals surface area (Å²) in [5.74, 6) is 1.55. The molecule has 4 aromatic rings. The second kappa shape index (κ2) is 11.6. The summed E-state index contributed by atoms with van der Waals surface area (Å²) in [6.45, 7) is 4.28. The summed E-state index contributed by atoms with van der Waals surface area (Å²) in [4.78, 5) is 2.58. The number of piperidine rings is 1. The first-order valence-corrected chi connectivity index (χ1v) is 12.9. The van der Waals surface area contributed by atoms with E-state index in [9.17, 15) is 0 Å². The zero-order valence-corrected chi connectivity index (χ0v) is 21.3. The first kappa shape index (κ1) is 24.4. The number of hydrogen-bond acceptors (Lipinski definition) is 4. The van der Waals surface area contributed by atoms with E-state index in [1.54, 1.807) is 14.2 Å². The fourth-order valence-electron chi connectivity index (χ4n) is 5.20. The number of methoxy groups -OCH3 is 2. The minimum atomic E-state index is -0.0101. The van der Waals surface area contributed by atoms with Gasteiger partial charge in [-0.15, -0.1) is 0 Å². The van der Waals surface area contributed by atoms with Crippen LogP contribution in [-0.4, -0.2) is 49.4 Å². The number of hydrogen-bond donors (Lipinski definition) is 0. The molecule has 5 nitrogen and oxygen atoms in total. The van der Waals surface area contributed by atoms with Crippen LogP contribution < -0.4 is 9.47 Å². The molecule has 0 unspecified atom stereocenters. The van der Waals surface area contributed by atoms with Crippen LogP contribution in [0.1, 0.15) is 36.5 Å². The quantitative estimate of drug-likeness (QED) is 0.264. The molecule has 5 rings (SSSR count). The summed E-state index contributed by atoms with van der Waals surface area (Å²) in [5, 5.41) is 2.36. The van der Waals surface area contributed by atoms with Crippen molar-refractivity contribution in [3.8, 4) is 11.5 Å². The molecule has 0 bridgehead atoms. The number of ether oxygens (including phenoxy) is 3. The molecule has 0 radical (unpaired) electrons. The van der Waals surface area contributed by atoms with Crippen LogP contribution >= 0.6 is 0 Å². The molecular weight excluding hydrogens is 448 g/mol. The number of nitrogens with zero attached hydrogens (tertiary/aromatic N) is 2. The van der Waals surface area contributed by atoms with E-state index < -0.39 is 0 Å². The normalized spacial score (nSPS) is 15.0. The molecule has 1 saturated heterocycles. The van der Waals surface area contributed by atoms with E-state index in [0.717, 1.165) is 56.9 Å². The molecule has 0 amide bonds. The van der Waals surface area contributed by atoms with E-state index in [4.69, 9.17) is 14.2 Å². The Kier molecular flexibility index (Phi) is 7.89. The van der Waals surface area contributed by atoms with E-state index >= 15 is 0 Å². The van der Waals surface area contributed by atoms with E-state index in [-0.39, 0.29) is 12.2 Å². The average Bonchev–Trinajstić information content (AvgIpc) is 3.34. The van der Waals surface area contributed by atoms with E-state index in [1.165, 1.54) is 21.9 Å². The second-order valence-corrected chi connectivity index (χ2v) is 9.56. The van der Waals surface area contributed by atoms with Crippen molar-refractivity contribution in [2.24, 2.45) is 0 Å². The van der Waals surface area contributed by atoms with E-state index in [0.29, 0.717) is 0 Å². The minimum Gasteiger partial charge on any atom is -0.493 e. The van der Waals surface area contributed by atoms with Crippen molar-refractivity contribution in [1.82, 2.24) is 9.47 Å². The first-order chi connectivity index (χ1) is 17.7. The predicted molar refractivity (Wildman–Crippen MR) is 145 cm³/mol. The number of benzene rings is 3. The van der Waals surface area contributed by atoms with Crippen molar-refractivity contribution in [2.45, 2.75) is 38.0 Å². The molecule has 1 aliphatic rings. The molecule has 0 aliphatic carbocycles. The third kappa shape index (κ3) is 5.75. The van der Waals surface area contributed by atoms with Crippen molar-refractivity contribution < 1.29 is 14.2 Å². The lowest BCUT2D eigenvalue weighted by molar-refractivity contribution is -0.0271. The van der Waals surface area contributed by atoms with Crippen molar-refractivity contribution >= 4 is 10.8 Å². The maximum Gasteiger partial charge on any atom is 0.161 e. The molecule has 3 aromatic carbocycles. The van der Waals surface area contributed by atoms with Gasteiger partial charge in [0.25, 0.3) is 0 Å². The topological polar surface area (TPSA) is 35.9 Å². The Morgan fingerprint density at radius 1 is 0.750 bits per heavy atom. The predicted octanol–water partition coefficient (Wildman–Crippen LogP) is 6.32. The Hall–Kier alpha value is -3.28. The molecule has 5 heteroatoms. The molecule has 1 aromatic heterocycles. The summed E-state index contributed by atoms with van der Waals surface area (Å²) >= 11 is 0. The summed E-state index contributed by atoms with van der Waals surface area (Å²) in [5.41, 5.74) is 2.45. The molecule has 2 heterocycles. The highest BCUT2D eigenvalue weighted by molar-refractivity contribution is 5.86. The van der Waals surface area contributed by atoms with Gasteiger partial charge >= 0.3 is 0 Å². The van der Waals surface area contributed by atoms with Gasteiger partial charge in [-0.2, -0.15) is 0 Å². The Balaban J connectivity index is 1.13. The van der Waals surface area contributed by atoms with Crippen molar-refractivity contribution in [3.05, 3.63) is 96.3 Å². The number of fused-ring (bicyclic) bond motifs is 1. The third-order valence-electron chi connectivity index (χ3n) is 7.16. The highest BCUT2D eigenvalue weighted by atomic mass is 16.5. The van der Waals surface area contributed by atoms with Crippen LogP contribution in [-0.2, 0) is 11.3 Å². The highest BCUT2D eigenvalue weighted by Crippen LogP contribution is 2.33. The molecule has 188 valence electrons. The van der Waals surface area contributed by atoms with Crippen molar-refractivity contribution in [1.29, 1.82) is 0 Å². The third-order valence-corrected chi connectivity index (χ3v) is 7.16. The minimum absolute atomic E-state index is 0.0101. The average molecular weight is 485 g/mol. The van der Waals surface area contributed by atoms with Gasteiger partial charge in [0.1, 0.15) is 6.10 Å². The molecule has 0 saturated carbocycles. The highest BCUT2D eigenvalue weighted by Gasteiger charge is 2.24. The number of likely N-dealkylation sites (tertiary alicyclic amines) is 1. The van der Waals surface area contributed by atoms with Gasteiger partial charge in [0, 0.05) is 42.8 Å². The lowest BCUT2D eigenvalue weighted by Gasteiger charge is -2.34. The monoisotopic (exact) mass is 484 g/mol. The first-order valence-electron chi connectivity index (χ1n) is 12.9. The zero-order valence-electron chi connectivity index (χ0n) is 21.3. The molecule has 0 spiro atoms. The van der Waals surface area contributed by atoms with Crippen LogP contribution in [0.5, 0.6) is 11.5 Å². The van der Waals surface area contributed by atoms with Gasteiger partial charge in [0.15, 0.2) is 11.5 Å². The largest absolute Gasteiger partial charge is 0.493 e. The van der Waals surface area contributed by atoms with Gasteiger partial charge in [0.2, 0.25) is 0 Å². The standard InChI is InChI=1S/C31H36N2O3/c1-34-29-20-26-22-33(23-27(26)21-30(29)35-2)17-9-16-32-18-14-28(15-19-32)36-31(24-10-5-3-6-11-24)25-12-7-4-8-13-25/h3-8,10-13,20-23,28,31H,9,14-19H2,1-2H3. The Bertz CT molecular complexity index is 1150. The van der Waals surface area contributed by atoms with Crippen LogP contribution in [0.2, 0.25) is 0 Å². The van der Waals surface area contributed by atoms with Crippen molar-refractivity contribution in [2.75, 3.05) is 33.9 Å². The molecular formula is C31H36N2O3. The van der Waals surface area contributed by atoms with Gasteiger partial charge in [-0.3, -0.25) is 0 Å². The van der Waals surface area contributed by atoms with Gasteiger partial charge < -0.3 is 23.7 Å². The molecule has 1 aliphatic heterocycles. The van der Waals surface area contributed by atoms with Crippen LogP contribution in [0.4, 0.5) is 0 Å². The summed E-state index contributed by atoms with van der Waals surface area (Å²) < 4.78 is 19.9. The lowest BCUT2D eigenvalue weighted by Crippen LogP contribution is -2.38. The van der Waals surface area contributed by atoms with Crippen LogP contribution in [0.15, 0.2) is 85.2 Å². The molecule has 0 atom stereocenters. The van der Waals surface area contributed by atoms with Crippen LogP contribution in [0.3, 0.4) is 0 Å². The summed E-state index contributed by atoms with van der Waals surface area (Å²) in [7, 11) is 3.36.